The molecular formula is C14H18Cl2NTi. The molecule has 0 amide bonds. The summed E-state index contributed by atoms with van der Waals surface area (Å²) in [5, 5.41) is 0. The van der Waals surface area contributed by atoms with Crippen molar-refractivity contribution in [1.82, 2.24) is 4.90 Å². The Morgan fingerprint density at radius 3 is 2.39 bits per heavy atom. The number of rotatable bonds is 3. The van der Waals surface area contributed by atoms with Crippen LogP contribution in [0.4, 0.5) is 0 Å². The van der Waals surface area contributed by atoms with Crippen molar-refractivity contribution in [2.24, 2.45) is 0 Å². The molecule has 0 N–H and O–H groups in total. The average Bonchev–Trinajstić information content (AvgIpc) is 2.50. The Balaban J connectivity index is 0.00000144. The van der Waals surface area contributed by atoms with Gasteiger partial charge in [-0.2, -0.15) is 0 Å². The minimum Gasteiger partial charge on any atom is -1.00 e. The van der Waals surface area contributed by atoms with Crippen LogP contribution < -0.4 is 24.8 Å². The topological polar surface area (TPSA) is 3.24 Å². The molecule has 1 aromatic rings. The fourth-order valence-electron chi connectivity index (χ4n) is 2.39. The second kappa shape index (κ2) is 7.72. The maximum Gasteiger partial charge on any atom is -1.00 e. The molecule has 0 fully saturated rings. The Morgan fingerprint density at radius 1 is 1.17 bits per heavy atom. The van der Waals surface area contributed by atoms with E-state index in [4.69, 9.17) is 0 Å². The Kier molecular flexibility index (Phi) is 7.81. The van der Waals surface area contributed by atoms with Crippen LogP contribution in [0, 0.1) is 0 Å². The zero-order chi connectivity index (χ0) is 11.7. The predicted molar refractivity (Wildman–Crippen MR) is 64.9 cm³/mol. The summed E-state index contributed by atoms with van der Waals surface area (Å²) < 4.78 is 1.56. The predicted octanol–water partition coefficient (Wildman–Crippen LogP) is -2.98. The third-order valence-corrected chi connectivity index (χ3v) is 4.49. The molecule has 1 aliphatic rings. The summed E-state index contributed by atoms with van der Waals surface area (Å²) in [5.74, 6) is 0.638. The van der Waals surface area contributed by atoms with E-state index in [1.165, 1.54) is 23.1 Å². The fourth-order valence-corrected chi connectivity index (χ4v) is 3.07. The first-order chi connectivity index (χ1) is 7.61. The first kappa shape index (κ1) is 18.2. The molecule has 1 unspecified atom stereocenters. The second-order valence-corrected chi connectivity index (χ2v) is 5.61. The van der Waals surface area contributed by atoms with E-state index in [1.807, 2.05) is 0 Å². The van der Waals surface area contributed by atoms with E-state index >= 15 is 0 Å². The number of nitrogens with zero attached hydrogens (tertiary/aromatic N) is 1. The van der Waals surface area contributed by atoms with Crippen LogP contribution in [0.3, 0.4) is 0 Å². The normalized spacial score (nSPS) is 17.3. The van der Waals surface area contributed by atoms with Crippen LogP contribution >= 0.6 is 0 Å². The van der Waals surface area contributed by atoms with Gasteiger partial charge in [-0.3, -0.25) is 0 Å². The van der Waals surface area contributed by atoms with Crippen LogP contribution in [0.1, 0.15) is 30.4 Å². The van der Waals surface area contributed by atoms with E-state index in [2.05, 4.69) is 70.6 Å². The van der Waals surface area contributed by atoms with Crippen LogP contribution in [0.2, 0.25) is 0 Å². The van der Waals surface area contributed by atoms with Gasteiger partial charge in [0.2, 0.25) is 0 Å². The number of benzene rings is 1. The summed E-state index contributed by atoms with van der Waals surface area (Å²) in [6.45, 7) is 3.41. The van der Waals surface area contributed by atoms with Crippen molar-refractivity contribution >= 4 is 5.57 Å². The van der Waals surface area contributed by atoms with Crippen molar-refractivity contribution in [2.75, 3.05) is 20.6 Å². The Labute approximate surface area is 134 Å². The molecule has 0 radical (unpaired) electrons. The van der Waals surface area contributed by atoms with Gasteiger partial charge in [-0.1, -0.05) is 0 Å². The molecule has 0 aromatic heterocycles. The maximum atomic E-state index is 2.29. The summed E-state index contributed by atoms with van der Waals surface area (Å²) >= 11 is 2.29. The molecule has 97 valence electrons. The van der Waals surface area contributed by atoms with Crippen LogP contribution in [-0.2, 0) is 20.4 Å². The van der Waals surface area contributed by atoms with Crippen LogP contribution in [0.15, 0.2) is 28.1 Å². The van der Waals surface area contributed by atoms with E-state index in [1.54, 1.807) is 3.88 Å². The van der Waals surface area contributed by atoms with Gasteiger partial charge >= 0.3 is 110 Å². The van der Waals surface area contributed by atoms with Crippen molar-refractivity contribution in [2.45, 2.75) is 19.3 Å². The third kappa shape index (κ3) is 3.62. The van der Waals surface area contributed by atoms with Gasteiger partial charge < -0.3 is 24.8 Å². The van der Waals surface area contributed by atoms with Crippen LogP contribution in [0.5, 0.6) is 0 Å². The summed E-state index contributed by atoms with van der Waals surface area (Å²) in [6, 6.07) is 8.84. The molecule has 1 atom stereocenters. The molecule has 18 heavy (non-hydrogen) atoms. The van der Waals surface area contributed by atoms with Gasteiger partial charge in [0.1, 0.15) is 0 Å². The van der Waals surface area contributed by atoms with Gasteiger partial charge in [0.15, 0.2) is 0 Å². The van der Waals surface area contributed by atoms with Crippen molar-refractivity contribution in [1.29, 1.82) is 0 Å². The maximum absolute atomic E-state index is 2.29. The molecule has 0 saturated carbocycles. The van der Waals surface area contributed by atoms with E-state index in [0.29, 0.717) is 5.92 Å². The average molecular weight is 319 g/mol. The molecule has 0 spiro atoms. The van der Waals surface area contributed by atoms with E-state index in [0.717, 1.165) is 6.54 Å². The summed E-state index contributed by atoms with van der Waals surface area (Å²) in [6.07, 6.45) is 1.23. The van der Waals surface area contributed by atoms with Gasteiger partial charge in [-0.15, -0.1) is 0 Å². The third-order valence-electron chi connectivity index (χ3n) is 3.36. The summed E-state index contributed by atoms with van der Waals surface area (Å²) in [5.41, 5.74) is 4.47. The van der Waals surface area contributed by atoms with E-state index in [9.17, 15) is 0 Å². The van der Waals surface area contributed by atoms with Gasteiger partial charge in [0, 0.05) is 0 Å². The minimum absolute atomic E-state index is 0. The van der Waals surface area contributed by atoms with Gasteiger partial charge in [-0.25, -0.2) is 0 Å². The quantitative estimate of drug-likeness (QED) is 0.538. The number of halogens is 2. The van der Waals surface area contributed by atoms with Crippen LogP contribution in [0.25, 0.3) is 5.57 Å². The molecular weight excluding hydrogens is 301 g/mol. The van der Waals surface area contributed by atoms with E-state index in [-0.39, 0.29) is 24.8 Å². The fraction of sp³-hybridized carbons (Fsp3) is 0.429. The number of fused-ring (bicyclic) bond motifs is 1. The molecule has 4 heteroatoms. The molecule has 0 heterocycles. The SMILES string of the molecule is CC1=[C]([Ti+2])C(CCN(C)C)c2ccccc21.[Cl-].[Cl-]. The number of hydrogen-bond donors (Lipinski definition) is 0. The second-order valence-electron chi connectivity index (χ2n) is 4.77. The first-order valence-electron chi connectivity index (χ1n) is 5.77. The zero-order valence-corrected chi connectivity index (χ0v) is 14.1. The molecule has 1 aliphatic carbocycles. The molecule has 0 aliphatic heterocycles. The molecule has 1 nitrogen and oxygen atoms in total. The van der Waals surface area contributed by atoms with Crippen molar-refractivity contribution in [3.63, 3.8) is 0 Å². The molecule has 1 aromatic carbocycles. The zero-order valence-electron chi connectivity index (χ0n) is 11.0. The van der Waals surface area contributed by atoms with E-state index < -0.39 is 0 Å². The summed E-state index contributed by atoms with van der Waals surface area (Å²) in [4.78, 5) is 2.27. The Morgan fingerprint density at radius 2 is 1.78 bits per heavy atom. The molecule has 0 saturated heterocycles. The van der Waals surface area contributed by atoms with Gasteiger partial charge in [0.25, 0.3) is 0 Å². The number of allylic oxidation sites excluding steroid dienone is 2. The molecule has 2 rings (SSSR count). The minimum atomic E-state index is 0. The number of hydrogen-bond acceptors (Lipinski definition) is 1. The first-order valence-corrected chi connectivity index (χ1v) is 6.55. The van der Waals surface area contributed by atoms with Crippen LogP contribution in [-0.4, -0.2) is 25.5 Å². The standard InChI is InChI=1S/C14H18N.2ClH.Ti/c1-11-10-12(8-9-15(2)3)14-7-5-4-6-13(11)14;;;/h4-7,12H,8-9H2,1-3H3;2*1H;/q;;;+2/p-2. The van der Waals surface area contributed by atoms with Crippen molar-refractivity contribution in [3.05, 3.63) is 39.3 Å². The van der Waals surface area contributed by atoms with Crippen molar-refractivity contribution < 1.29 is 45.2 Å². The smallest absolute Gasteiger partial charge is 1.00 e. The molecule has 0 bridgehead atoms. The Bertz CT molecular complexity index is 430. The Hall–Kier alpha value is 0.214. The monoisotopic (exact) mass is 318 g/mol. The largest absolute Gasteiger partial charge is 1.00 e. The van der Waals surface area contributed by atoms with Crippen molar-refractivity contribution in [3.8, 4) is 0 Å². The summed E-state index contributed by atoms with van der Waals surface area (Å²) in [7, 11) is 4.29. The van der Waals surface area contributed by atoms with Gasteiger partial charge in [-0.05, 0) is 0 Å². The van der Waals surface area contributed by atoms with Gasteiger partial charge in [0.05, 0.1) is 0 Å².